The maximum absolute atomic E-state index is 11.0. The minimum atomic E-state index is -0.426. The van der Waals surface area contributed by atoms with Crippen molar-refractivity contribution >= 4 is 12.1 Å². The molecule has 0 spiro atoms. The molecule has 0 atom stereocenters. The Hall–Kier alpha value is -2.74. The van der Waals surface area contributed by atoms with E-state index in [9.17, 15) is 4.79 Å². The number of nitrogens with two attached hydrogens (primary N) is 1. The average molecular weight is 302 g/mol. The Balaban J connectivity index is 2.25. The van der Waals surface area contributed by atoms with Crippen LogP contribution in [0.25, 0.3) is 17.6 Å². The SMILES string of the molecule is Cc1cc(-c2ncn(/C=C\C(=O)NN)n2)cc(OC(C)C)n1. The van der Waals surface area contributed by atoms with E-state index >= 15 is 0 Å². The zero-order valence-corrected chi connectivity index (χ0v) is 12.6. The van der Waals surface area contributed by atoms with Gasteiger partial charge in [0, 0.05) is 29.6 Å². The largest absolute Gasteiger partial charge is 0.475 e. The second kappa shape index (κ2) is 6.81. The van der Waals surface area contributed by atoms with E-state index in [0.717, 1.165) is 11.3 Å². The first kappa shape index (κ1) is 15.6. The Morgan fingerprint density at radius 2 is 2.23 bits per heavy atom. The van der Waals surface area contributed by atoms with Gasteiger partial charge in [-0.1, -0.05) is 0 Å². The lowest BCUT2D eigenvalue weighted by Crippen LogP contribution is -2.28. The monoisotopic (exact) mass is 302 g/mol. The first-order valence-corrected chi connectivity index (χ1v) is 6.73. The number of aryl methyl sites for hydroxylation is 1. The number of hydrogen-bond donors (Lipinski definition) is 2. The van der Waals surface area contributed by atoms with Gasteiger partial charge in [0.25, 0.3) is 5.91 Å². The standard InChI is InChI=1S/C14H18N6O2/c1-9(2)22-13-7-11(6-10(3)17-13)14-16-8-20(19-14)5-4-12(21)18-15/h4-9H,15H2,1-3H3,(H,18,21)/b5-4-. The summed E-state index contributed by atoms with van der Waals surface area (Å²) in [7, 11) is 0. The quantitative estimate of drug-likeness (QED) is 0.367. The molecule has 0 aliphatic carbocycles. The van der Waals surface area contributed by atoms with Gasteiger partial charge in [-0.25, -0.2) is 20.5 Å². The van der Waals surface area contributed by atoms with Crippen LogP contribution >= 0.6 is 0 Å². The average Bonchev–Trinajstić information content (AvgIpc) is 2.92. The number of hydrogen-bond acceptors (Lipinski definition) is 6. The van der Waals surface area contributed by atoms with Crippen LogP contribution in [-0.2, 0) is 4.79 Å². The van der Waals surface area contributed by atoms with Crippen LogP contribution in [0.1, 0.15) is 19.5 Å². The first-order valence-electron chi connectivity index (χ1n) is 6.73. The van der Waals surface area contributed by atoms with Crippen molar-refractivity contribution in [3.05, 3.63) is 30.2 Å². The maximum Gasteiger partial charge on any atom is 0.259 e. The first-order chi connectivity index (χ1) is 10.5. The molecular weight excluding hydrogens is 284 g/mol. The van der Waals surface area contributed by atoms with Gasteiger partial charge in [0.1, 0.15) is 6.33 Å². The van der Waals surface area contributed by atoms with Crippen molar-refractivity contribution in [2.75, 3.05) is 0 Å². The number of pyridine rings is 1. The highest BCUT2D eigenvalue weighted by Crippen LogP contribution is 2.21. The van der Waals surface area contributed by atoms with Crippen molar-refractivity contribution in [3.63, 3.8) is 0 Å². The molecule has 0 radical (unpaired) electrons. The Labute approximate surface area is 128 Å². The van der Waals surface area contributed by atoms with Gasteiger partial charge in [0.2, 0.25) is 5.88 Å². The highest BCUT2D eigenvalue weighted by Gasteiger charge is 2.09. The van der Waals surface area contributed by atoms with Gasteiger partial charge in [-0.15, -0.1) is 5.10 Å². The number of carbonyl (C=O) groups excluding carboxylic acids is 1. The lowest BCUT2D eigenvalue weighted by molar-refractivity contribution is -0.116. The molecule has 0 bridgehead atoms. The number of hydrazine groups is 1. The Bertz CT molecular complexity index is 692. The molecule has 116 valence electrons. The van der Waals surface area contributed by atoms with E-state index < -0.39 is 5.91 Å². The molecule has 0 saturated heterocycles. The third-order valence-electron chi connectivity index (χ3n) is 2.57. The van der Waals surface area contributed by atoms with Crippen molar-refractivity contribution in [3.8, 4) is 17.3 Å². The van der Waals surface area contributed by atoms with Gasteiger partial charge in [-0.3, -0.25) is 10.2 Å². The lowest BCUT2D eigenvalue weighted by atomic mass is 10.2. The van der Waals surface area contributed by atoms with Crippen LogP contribution in [0, 0.1) is 6.92 Å². The Morgan fingerprint density at radius 1 is 1.45 bits per heavy atom. The summed E-state index contributed by atoms with van der Waals surface area (Å²) < 4.78 is 7.02. The van der Waals surface area contributed by atoms with Crippen molar-refractivity contribution < 1.29 is 9.53 Å². The molecule has 8 nitrogen and oxygen atoms in total. The highest BCUT2D eigenvalue weighted by atomic mass is 16.5. The molecule has 0 aliphatic heterocycles. The van der Waals surface area contributed by atoms with Crippen LogP contribution in [0.3, 0.4) is 0 Å². The van der Waals surface area contributed by atoms with Crippen LogP contribution in [0.5, 0.6) is 5.88 Å². The smallest absolute Gasteiger partial charge is 0.259 e. The Morgan fingerprint density at radius 3 is 2.91 bits per heavy atom. The molecule has 3 N–H and O–H groups in total. The maximum atomic E-state index is 11.0. The topological polar surface area (TPSA) is 108 Å². The number of rotatable bonds is 5. The summed E-state index contributed by atoms with van der Waals surface area (Å²) in [5.74, 6) is 5.60. The van der Waals surface area contributed by atoms with E-state index in [1.807, 2.05) is 32.3 Å². The number of amides is 1. The molecular formula is C14H18N6O2. The van der Waals surface area contributed by atoms with Crippen molar-refractivity contribution in [2.45, 2.75) is 26.9 Å². The third-order valence-corrected chi connectivity index (χ3v) is 2.57. The minimum absolute atomic E-state index is 0.0328. The molecule has 1 amide bonds. The van der Waals surface area contributed by atoms with Gasteiger partial charge >= 0.3 is 0 Å². The second-order valence-corrected chi connectivity index (χ2v) is 4.87. The summed E-state index contributed by atoms with van der Waals surface area (Å²) in [4.78, 5) is 19.6. The highest BCUT2D eigenvalue weighted by molar-refractivity contribution is 5.89. The molecule has 0 unspecified atom stereocenters. The predicted octanol–water partition coefficient (Wildman–Crippen LogP) is 0.896. The van der Waals surface area contributed by atoms with Gasteiger partial charge in [-0.2, -0.15) is 0 Å². The molecule has 2 aromatic rings. The second-order valence-electron chi connectivity index (χ2n) is 4.87. The third kappa shape index (κ3) is 4.13. The van der Waals surface area contributed by atoms with E-state index in [1.54, 1.807) is 6.07 Å². The molecule has 22 heavy (non-hydrogen) atoms. The molecule has 0 aliphatic rings. The van der Waals surface area contributed by atoms with E-state index in [1.165, 1.54) is 23.3 Å². The predicted molar refractivity (Wildman–Crippen MR) is 81.4 cm³/mol. The van der Waals surface area contributed by atoms with Crippen LogP contribution in [0.15, 0.2) is 24.5 Å². The molecule has 2 rings (SSSR count). The summed E-state index contributed by atoms with van der Waals surface area (Å²) in [5.41, 5.74) is 3.59. The summed E-state index contributed by atoms with van der Waals surface area (Å²) in [5, 5.41) is 4.26. The Kier molecular flexibility index (Phi) is 4.84. The van der Waals surface area contributed by atoms with Crippen LogP contribution in [0.4, 0.5) is 0 Å². The zero-order chi connectivity index (χ0) is 16.1. The van der Waals surface area contributed by atoms with E-state index in [4.69, 9.17) is 10.6 Å². The lowest BCUT2D eigenvalue weighted by Gasteiger charge is -2.10. The van der Waals surface area contributed by atoms with E-state index in [2.05, 4.69) is 15.1 Å². The molecule has 2 heterocycles. The van der Waals surface area contributed by atoms with Gasteiger partial charge < -0.3 is 4.74 Å². The van der Waals surface area contributed by atoms with E-state index in [0.29, 0.717) is 11.7 Å². The summed E-state index contributed by atoms with van der Waals surface area (Å²) in [6.45, 7) is 5.74. The fraction of sp³-hybridized carbons (Fsp3) is 0.286. The summed E-state index contributed by atoms with van der Waals surface area (Å²) in [6.07, 6.45) is 4.24. The zero-order valence-electron chi connectivity index (χ0n) is 12.6. The normalized spacial score (nSPS) is 11.1. The number of nitrogens with one attached hydrogen (secondary N) is 1. The molecule has 2 aromatic heterocycles. The summed E-state index contributed by atoms with van der Waals surface area (Å²) in [6, 6.07) is 3.64. The fourth-order valence-corrected chi connectivity index (χ4v) is 1.74. The molecule has 0 aromatic carbocycles. The van der Waals surface area contributed by atoms with Crippen molar-refractivity contribution in [1.29, 1.82) is 0 Å². The molecule has 0 saturated carbocycles. The van der Waals surface area contributed by atoms with Crippen LogP contribution in [0.2, 0.25) is 0 Å². The van der Waals surface area contributed by atoms with Gasteiger partial charge in [-0.05, 0) is 26.8 Å². The molecule has 8 heteroatoms. The number of ether oxygens (including phenoxy) is 1. The minimum Gasteiger partial charge on any atom is -0.475 e. The van der Waals surface area contributed by atoms with Gasteiger partial charge in [0.05, 0.1) is 6.10 Å². The van der Waals surface area contributed by atoms with E-state index in [-0.39, 0.29) is 6.10 Å². The molecule has 0 fully saturated rings. The van der Waals surface area contributed by atoms with Crippen LogP contribution < -0.4 is 16.0 Å². The summed E-state index contributed by atoms with van der Waals surface area (Å²) >= 11 is 0. The van der Waals surface area contributed by atoms with Crippen molar-refractivity contribution in [1.82, 2.24) is 25.2 Å². The number of nitrogens with zero attached hydrogens (tertiary/aromatic N) is 4. The fourth-order valence-electron chi connectivity index (χ4n) is 1.74. The van der Waals surface area contributed by atoms with Crippen molar-refractivity contribution in [2.24, 2.45) is 5.84 Å². The van der Waals surface area contributed by atoms with Gasteiger partial charge in [0.15, 0.2) is 5.82 Å². The number of carbonyl (C=O) groups is 1. The van der Waals surface area contributed by atoms with Crippen LogP contribution in [-0.4, -0.2) is 31.8 Å². The number of aromatic nitrogens is 4.